The predicted molar refractivity (Wildman–Crippen MR) is 133 cm³/mol. The summed E-state index contributed by atoms with van der Waals surface area (Å²) in [6.07, 6.45) is 0.749. The van der Waals surface area contributed by atoms with Gasteiger partial charge in [-0.2, -0.15) is 0 Å². The fraction of sp³-hybridized carbons (Fsp3) is 0.259. The van der Waals surface area contributed by atoms with E-state index in [0.29, 0.717) is 30.5 Å². The smallest absolute Gasteiger partial charge is 0.347 e. The Labute approximate surface area is 204 Å². The van der Waals surface area contributed by atoms with Crippen molar-refractivity contribution in [2.75, 3.05) is 13.2 Å². The summed E-state index contributed by atoms with van der Waals surface area (Å²) in [5.41, 5.74) is 1.86. The van der Waals surface area contributed by atoms with Crippen LogP contribution < -0.4 is 9.47 Å². The lowest BCUT2D eigenvalue weighted by Crippen LogP contribution is -2.38. The van der Waals surface area contributed by atoms with E-state index in [9.17, 15) is 9.90 Å². The molecule has 3 aromatic carbocycles. The number of ether oxygens (including phenoxy) is 2. The minimum absolute atomic E-state index is 0.471. The molecular formula is C27H27ClN2O4. The fourth-order valence-electron chi connectivity index (χ4n) is 3.67. The highest BCUT2D eigenvalue weighted by molar-refractivity contribution is 6.30. The van der Waals surface area contributed by atoms with Crippen molar-refractivity contribution >= 4 is 29.1 Å². The summed E-state index contributed by atoms with van der Waals surface area (Å²) in [5, 5.41) is 10.0. The minimum atomic E-state index is -1.32. The Morgan fingerprint density at radius 2 is 1.82 bits per heavy atom. The van der Waals surface area contributed by atoms with E-state index >= 15 is 0 Å². The van der Waals surface area contributed by atoms with E-state index in [4.69, 9.17) is 26.1 Å². The van der Waals surface area contributed by atoms with Gasteiger partial charge < -0.3 is 19.5 Å². The van der Waals surface area contributed by atoms with Crippen molar-refractivity contribution in [2.24, 2.45) is 4.99 Å². The van der Waals surface area contributed by atoms with Gasteiger partial charge in [-0.15, -0.1) is 0 Å². The molecule has 0 aromatic heterocycles. The van der Waals surface area contributed by atoms with Crippen molar-refractivity contribution in [3.8, 4) is 11.5 Å². The van der Waals surface area contributed by atoms with Gasteiger partial charge in [-0.05, 0) is 67.4 Å². The van der Waals surface area contributed by atoms with Crippen LogP contribution >= 0.6 is 11.6 Å². The molecule has 0 bridgehead atoms. The number of rotatable bonds is 9. The second-order valence-corrected chi connectivity index (χ2v) is 9.06. The number of hydrogen-bond acceptors (Lipinski definition) is 5. The van der Waals surface area contributed by atoms with E-state index in [1.165, 1.54) is 19.4 Å². The van der Waals surface area contributed by atoms with Crippen LogP contribution in [0.5, 0.6) is 11.5 Å². The molecule has 4 rings (SSSR count). The van der Waals surface area contributed by atoms with E-state index in [-0.39, 0.29) is 0 Å². The predicted octanol–water partition coefficient (Wildman–Crippen LogP) is 5.75. The maximum atomic E-state index is 11.5. The number of hydrogen-bond donors (Lipinski definition) is 1. The second-order valence-electron chi connectivity index (χ2n) is 8.62. The van der Waals surface area contributed by atoms with Crippen molar-refractivity contribution in [2.45, 2.75) is 32.4 Å². The van der Waals surface area contributed by atoms with Crippen LogP contribution in [0.4, 0.5) is 5.69 Å². The largest absolute Gasteiger partial charge is 0.492 e. The number of amidine groups is 1. The zero-order valence-electron chi connectivity index (χ0n) is 19.2. The number of carboxylic acid groups (broad SMARTS) is 1. The van der Waals surface area contributed by atoms with Gasteiger partial charge >= 0.3 is 5.97 Å². The summed E-state index contributed by atoms with van der Waals surface area (Å²) < 4.78 is 11.7. The molecular weight excluding hydrogens is 452 g/mol. The van der Waals surface area contributed by atoms with Gasteiger partial charge in [0, 0.05) is 18.0 Å². The van der Waals surface area contributed by atoms with Gasteiger partial charge in [-0.3, -0.25) is 0 Å². The number of benzene rings is 3. The third-order valence-corrected chi connectivity index (χ3v) is 5.81. The van der Waals surface area contributed by atoms with Gasteiger partial charge in [0.2, 0.25) is 0 Å². The summed E-state index contributed by atoms with van der Waals surface area (Å²) in [7, 11) is 0. The van der Waals surface area contributed by atoms with Crippen LogP contribution in [-0.2, 0) is 17.8 Å². The summed E-state index contributed by atoms with van der Waals surface area (Å²) in [5.74, 6) is 1.22. The molecule has 6 nitrogen and oxygen atoms in total. The van der Waals surface area contributed by atoms with Crippen LogP contribution in [0, 0.1) is 0 Å². The first kappa shape index (κ1) is 23.6. The standard InChI is InChI=1S/C27H27ClN2O4/c1-27(2,26(31)32)34-23-8-5-6-19(16-23)18-30(14-15-33-22-12-10-21(28)11-13-22)25-17-20-7-3-4-9-24(20)29-25/h3-13,16H,14-15,17-18H2,1-2H3,(H,31,32). The van der Waals surface area contributed by atoms with Crippen LogP contribution in [0.25, 0.3) is 0 Å². The molecule has 0 saturated carbocycles. The monoisotopic (exact) mass is 478 g/mol. The Balaban J connectivity index is 1.50. The van der Waals surface area contributed by atoms with Crippen LogP contribution in [0.15, 0.2) is 77.8 Å². The van der Waals surface area contributed by atoms with Crippen molar-refractivity contribution < 1.29 is 19.4 Å². The van der Waals surface area contributed by atoms with Gasteiger partial charge in [0.15, 0.2) is 5.60 Å². The van der Waals surface area contributed by atoms with Gasteiger partial charge in [-0.1, -0.05) is 41.9 Å². The minimum Gasteiger partial charge on any atom is -0.492 e. The lowest BCUT2D eigenvalue weighted by molar-refractivity contribution is -0.152. The molecule has 176 valence electrons. The SMILES string of the molecule is CC(C)(Oc1cccc(CN(CCOc2ccc(Cl)cc2)C2=Nc3ccccc3C2)c1)C(=O)O. The van der Waals surface area contributed by atoms with Crippen LogP contribution in [0.3, 0.4) is 0 Å². The second kappa shape index (κ2) is 10.2. The Hall–Kier alpha value is -3.51. The van der Waals surface area contributed by atoms with Crippen LogP contribution in [0.1, 0.15) is 25.0 Å². The molecule has 0 spiro atoms. The van der Waals surface area contributed by atoms with E-state index in [0.717, 1.165) is 29.3 Å². The first-order valence-corrected chi connectivity index (χ1v) is 11.5. The molecule has 1 N–H and O–H groups in total. The number of aliphatic imine (C=N–C) groups is 1. The third kappa shape index (κ3) is 5.88. The number of aliphatic carboxylic acids is 1. The van der Waals surface area contributed by atoms with Gasteiger partial charge in [0.1, 0.15) is 23.9 Å². The zero-order valence-corrected chi connectivity index (χ0v) is 20.0. The number of fused-ring (bicyclic) bond motifs is 1. The Morgan fingerprint density at radius 3 is 2.56 bits per heavy atom. The van der Waals surface area contributed by atoms with E-state index < -0.39 is 11.6 Å². The number of para-hydroxylation sites is 1. The first-order chi connectivity index (χ1) is 16.3. The molecule has 0 amide bonds. The van der Waals surface area contributed by atoms with Gasteiger partial charge in [-0.25, -0.2) is 9.79 Å². The Kier molecular flexibility index (Phi) is 7.08. The molecule has 3 aromatic rings. The van der Waals surface area contributed by atoms with E-state index in [2.05, 4.69) is 11.0 Å². The molecule has 34 heavy (non-hydrogen) atoms. The third-order valence-electron chi connectivity index (χ3n) is 5.56. The zero-order chi connectivity index (χ0) is 24.1. The van der Waals surface area contributed by atoms with Crippen molar-refractivity contribution in [1.29, 1.82) is 0 Å². The summed E-state index contributed by atoms with van der Waals surface area (Å²) in [4.78, 5) is 18.5. The highest BCUT2D eigenvalue weighted by atomic mass is 35.5. The Morgan fingerprint density at radius 1 is 1.06 bits per heavy atom. The van der Waals surface area contributed by atoms with Crippen LogP contribution in [-0.4, -0.2) is 40.6 Å². The number of nitrogens with zero attached hydrogens (tertiary/aromatic N) is 2. The molecule has 0 unspecified atom stereocenters. The van der Waals surface area contributed by atoms with Crippen molar-refractivity contribution in [1.82, 2.24) is 4.90 Å². The quantitative estimate of drug-likeness (QED) is 0.424. The molecule has 0 aliphatic carbocycles. The maximum absolute atomic E-state index is 11.5. The molecule has 0 fully saturated rings. The molecule has 0 atom stereocenters. The highest BCUT2D eigenvalue weighted by Gasteiger charge is 2.29. The van der Waals surface area contributed by atoms with Crippen molar-refractivity contribution in [3.63, 3.8) is 0 Å². The highest BCUT2D eigenvalue weighted by Crippen LogP contribution is 2.28. The fourth-order valence-corrected chi connectivity index (χ4v) is 3.80. The maximum Gasteiger partial charge on any atom is 0.347 e. The van der Waals surface area contributed by atoms with Gasteiger partial charge in [0.05, 0.1) is 12.2 Å². The first-order valence-electron chi connectivity index (χ1n) is 11.1. The van der Waals surface area contributed by atoms with Gasteiger partial charge in [0.25, 0.3) is 0 Å². The lowest BCUT2D eigenvalue weighted by atomic mass is 10.1. The topological polar surface area (TPSA) is 71.4 Å². The number of carboxylic acids is 1. The van der Waals surface area contributed by atoms with E-state index in [1.807, 2.05) is 48.5 Å². The van der Waals surface area contributed by atoms with E-state index in [1.54, 1.807) is 18.2 Å². The normalized spacial score (nSPS) is 12.6. The molecule has 7 heteroatoms. The molecule has 1 aliphatic rings. The average Bonchev–Trinajstić information content (AvgIpc) is 3.24. The van der Waals surface area contributed by atoms with Crippen LogP contribution in [0.2, 0.25) is 5.02 Å². The Bertz CT molecular complexity index is 1190. The number of halogens is 1. The molecule has 0 radical (unpaired) electrons. The summed E-state index contributed by atoms with van der Waals surface area (Å²) >= 11 is 5.96. The molecule has 1 heterocycles. The molecule has 1 aliphatic heterocycles. The average molecular weight is 479 g/mol. The number of carbonyl (C=O) groups is 1. The lowest BCUT2D eigenvalue weighted by Gasteiger charge is -2.26. The van der Waals surface area contributed by atoms with Crippen molar-refractivity contribution in [3.05, 3.63) is 88.9 Å². The summed E-state index contributed by atoms with van der Waals surface area (Å²) in [6.45, 7) is 4.75. The summed E-state index contributed by atoms with van der Waals surface area (Å²) in [6, 6.07) is 22.9. The molecule has 0 saturated heterocycles.